The van der Waals surface area contributed by atoms with Crippen molar-refractivity contribution >= 4 is 46.4 Å². The summed E-state index contributed by atoms with van der Waals surface area (Å²) in [7, 11) is 0. The molecule has 0 bridgehead atoms. The Morgan fingerprint density at radius 3 is 2.00 bits per heavy atom. The summed E-state index contributed by atoms with van der Waals surface area (Å²) in [6, 6.07) is 7.88. The predicted molar refractivity (Wildman–Crippen MR) is 115 cm³/mol. The molecule has 0 aromatic heterocycles. The van der Waals surface area contributed by atoms with E-state index < -0.39 is 18.3 Å². The summed E-state index contributed by atoms with van der Waals surface area (Å²) >= 11 is 23.3. The average molecular weight is 538 g/mol. The Morgan fingerprint density at radius 1 is 0.875 bits per heavy atom. The summed E-state index contributed by atoms with van der Waals surface area (Å²) in [5.74, 6) is 0.596. The molecule has 4 nitrogen and oxygen atoms in total. The second-order valence-corrected chi connectivity index (χ2v) is 7.83. The van der Waals surface area contributed by atoms with Gasteiger partial charge in [0.05, 0.1) is 23.3 Å². The van der Waals surface area contributed by atoms with E-state index in [1.807, 2.05) is 0 Å². The lowest BCUT2D eigenvalue weighted by Crippen LogP contribution is -2.33. The van der Waals surface area contributed by atoms with Crippen LogP contribution >= 0.6 is 46.4 Å². The summed E-state index contributed by atoms with van der Waals surface area (Å²) in [4.78, 5) is 0. The van der Waals surface area contributed by atoms with Crippen molar-refractivity contribution in [3.05, 3.63) is 57.0 Å². The van der Waals surface area contributed by atoms with Gasteiger partial charge in [0.15, 0.2) is 5.75 Å². The van der Waals surface area contributed by atoms with Crippen LogP contribution in [0.2, 0.25) is 10.0 Å². The summed E-state index contributed by atoms with van der Waals surface area (Å²) < 4.78 is 70.5. The highest BCUT2D eigenvalue weighted by atomic mass is 35.5. The van der Waals surface area contributed by atoms with Crippen molar-refractivity contribution in [1.82, 2.24) is 0 Å². The first kappa shape index (κ1) is 26.5. The zero-order chi connectivity index (χ0) is 23.7. The van der Waals surface area contributed by atoms with E-state index in [1.165, 1.54) is 30.3 Å². The number of benzene rings is 2. The molecule has 32 heavy (non-hydrogen) atoms. The van der Waals surface area contributed by atoms with Gasteiger partial charge in [-0.1, -0.05) is 46.4 Å². The van der Waals surface area contributed by atoms with E-state index >= 15 is 0 Å². The normalized spacial score (nSPS) is 11.3. The molecule has 0 aliphatic rings. The first-order chi connectivity index (χ1) is 15.1. The van der Waals surface area contributed by atoms with Crippen LogP contribution in [0.15, 0.2) is 47.0 Å². The molecule has 0 saturated carbocycles. The SMILES string of the molecule is FC(F)C(F)(F)Oc1ccc(OCCCOc2c(Cl)cc(OCC=C(Cl)Cl)cc2Cl)cc1. The number of rotatable bonds is 12. The standard InChI is InChI=1S/C20H16Cl4F4O4/c21-15-10-14(30-9-6-17(23)24)11-16(22)18(15)31-8-1-7-29-12-2-4-13(5-3-12)32-20(27,28)19(25)26/h2-6,10-11,19H,1,7-9H2. The van der Waals surface area contributed by atoms with Gasteiger partial charge >= 0.3 is 12.5 Å². The topological polar surface area (TPSA) is 36.9 Å². The van der Waals surface area contributed by atoms with Crippen molar-refractivity contribution < 1.29 is 36.5 Å². The fraction of sp³-hybridized carbons (Fsp3) is 0.300. The Bertz CT molecular complexity index is 884. The lowest BCUT2D eigenvalue weighted by atomic mass is 10.3. The van der Waals surface area contributed by atoms with Gasteiger partial charge in [0.1, 0.15) is 28.3 Å². The Kier molecular flexibility index (Phi) is 10.3. The monoisotopic (exact) mass is 536 g/mol. The van der Waals surface area contributed by atoms with Crippen molar-refractivity contribution in [3.63, 3.8) is 0 Å². The maximum Gasteiger partial charge on any atom is 0.461 e. The molecule has 2 aromatic carbocycles. The van der Waals surface area contributed by atoms with Crippen LogP contribution in [0.25, 0.3) is 0 Å². The predicted octanol–water partition coefficient (Wildman–Crippen LogP) is 7.78. The first-order valence-electron chi connectivity index (χ1n) is 8.92. The molecule has 0 heterocycles. The van der Waals surface area contributed by atoms with E-state index in [4.69, 9.17) is 60.6 Å². The number of hydrogen-bond donors (Lipinski definition) is 0. The Balaban J connectivity index is 1.77. The van der Waals surface area contributed by atoms with Crippen LogP contribution in [0, 0.1) is 0 Å². The molecule has 2 rings (SSSR count). The van der Waals surface area contributed by atoms with Gasteiger partial charge in [0.25, 0.3) is 0 Å². The maximum absolute atomic E-state index is 12.9. The molecule has 0 aliphatic heterocycles. The van der Waals surface area contributed by atoms with Gasteiger partial charge in [-0.15, -0.1) is 0 Å². The van der Waals surface area contributed by atoms with Gasteiger partial charge in [-0.2, -0.15) is 17.6 Å². The second-order valence-electron chi connectivity index (χ2n) is 6.01. The number of ether oxygens (including phenoxy) is 4. The summed E-state index contributed by atoms with van der Waals surface area (Å²) in [5, 5.41) is 0.483. The van der Waals surface area contributed by atoms with Gasteiger partial charge in [-0.3, -0.25) is 0 Å². The van der Waals surface area contributed by atoms with Crippen LogP contribution in [0.5, 0.6) is 23.0 Å². The summed E-state index contributed by atoms with van der Waals surface area (Å²) in [5.41, 5.74) is 0. The van der Waals surface area contributed by atoms with Gasteiger partial charge in [0.2, 0.25) is 0 Å². The van der Waals surface area contributed by atoms with Crippen LogP contribution in [-0.2, 0) is 0 Å². The lowest BCUT2D eigenvalue weighted by Gasteiger charge is -2.17. The molecule has 12 heteroatoms. The third-order valence-electron chi connectivity index (χ3n) is 3.59. The Hall–Kier alpha value is -1.74. The maximum atomic E-state index is 12.9. The van der Waals surface area contributed by atoms with E-state index in [0.717, 1.165) is 12.1 Å². The molecular formula is C20H16Cl4F4O4. The van der Waals surface area contributed by atoms with E-state index in [-0.39, 0.29) is 40.1 Å². The fourth-order valence-corrected chi connectivity index (χ4v) is 2.89. The van der Waals surface area contributed by atoms with Crippen molar-refractivity contribution in [2.45, 2.75) is 19.0 Å². The molecule has 0 aliphatic carbocycles. The molecule has 0 saturated heterocycles. The minimum atomic E-state index is -4.57. The van der Waals surface area contributed by atoms with Crippen LogP contribution < -0.4 is 18.9 Å². The molecule has 176 valence electrons. The van der Waals surface area contributed by atoms with E-state index in [0.29, 0.717) is 17.9 Å². The van der Waals surface area contributed by atoms with Crippen LogP contribution in [0.1, 0.15) is 6.42 Å². The minimum absolute atomic E-state index is 0.0712. The highest BCUT2D eigenvalue weighted by Gasteiger charge is 2.43. The van der Waals surface area contributed by atoms with E-state index in [1.54, 1.807) is 0 Å². The minimum Gasteiger partial charge on any atom is -0.493 e. The largest absolute Gasteiger partial charge is 0.493 e. The lowest BCUT2D eigenvalue weighted by molar-refractivity contribution is -0.253. The van der Waals surface area contributed by atoms with Gasteiger partial charge in [-0.25, -0.2) is 0 Å². The zero-order valence-electron chi connectivity index (χ0n) is 16.1. The van der Waals surface area contributed by atoms with Crippen molar-refractivity contribution in [1.29, 1.82) is 0 Å². The summed E-state index contributed by atoms with van der Waals surface area (Å²) in [6.45, 7) is 0.565. The second kappa shape index (κ2) is 12.5. The highest BCUT2D eigenvalue weighted by molar-refractivity contribution is 6.55. The Morgan fingerprint density at radius 2 is 1.44 bits per heavy atom. The van der Waals surface area contributed by atoms with E-state index in [2.05, 4.69) is 4.74 Å². The number of hydrogen-bond acceptors (Lipinski definition) is 4. The molecule has 0 spiro atoms. The molecule has 0 unspecified atom stereocenters. The van der Waals surface area contributed by atoms with Crippen molar-refractivity contribution in [2.75, 3.05) is 19.8 Å². The molecule has 0 atom stereocenters. The van der Waals surface area contributed by atoms with Crippen LogP contribution in [-0.4, -0.2) is 32.4 Å². The molecule has 0 N–H and O–H groups in total. The van der Waals surface area contributed by atoms with Gasteiger partial charge < -0.3 is 18.9 Å². The average Bonchev–Trinajstić information content (AvgIpc) is 2.70. The van der Waals surface area contributed by atoms with Crippen LogP contribution in [0.3, 0.4) is 0 Å². The van der Waals surface area contributed by atoms with E-state index in [9.17, 15) is 17.6 Å². The molecule has 2 aromatic rings. The molecule has 0 amide bonds. The summed E-state index contributed by atoms with van der Waals surface area (Å²) in [6.07, 6.45) is -6.61. The number of halogens is 8. The number of alkyl halides is 4. The van der Waals surface area contributed by atoms with Crippen LogP contribution in [0.4, 0.5) is 17.6 Å². The quantitative estimate of drug-likeness (QED) is 0.205. The third-order valence-corrected chi connectivity index (χ3v) is 4.47. The highest BCUT2D eigenvalue weighted by Crippen LogP contribution is 2.37. The molecule has 0 radical (unpaired) electrons. The fourth-order valence-electron chi connectivity index (χ4n) is 2.19. The Labute approximate surface area is 201 Å². The molecule has 0 fully saturated rings. The zero-order valence-corrected chi connectivity index (χ0v) is 19.1. The van der Waals surface area contributed by atoms with Gasteiger partial charge in [-0.05, 0) is 30.3 Å². The van der Waals surface area contributed by atoms with Crippen molar-refractivity contribution in [2.24, 2.45) is 0 Å². The first-order valence-corrected chi connectivity index (χ1v) is 10.4. The molecular weight excluding hydrogens is 522 g/mol. The smallest absolute Gasteiger partial charge is 0.461 e. The third kappa shape index (κ3) is 8.65. The van der Waals surface area contributed by atoms with Gasteiger partial charge in [0, 0.05) is 18.6 Å². The van der Waals surface area contributed by atoms with Crippen molar-refractivity contribution in [3.8, 4) is 23.0 Å².